The lowest BCUT2D eigenvalue weighted by Gasteiger charge is -2.10. The van der Waals surface area contributed by atoms with Crippen molar-refractivity contribution in [3.8, 4) is 0 Å². The predicted octanol–water partition coefficient (Wildman–Crippen LogP) is 1.01. The average Bonchev–Trinajstić information content (AvgIpc) is 2.37. The van der Waals surface area contributed by atoms with Crippen molar-refractivity contribution in [1.29, 1.82) is 0 Å². The number of amides is 2. The van der Waals surface area contributed by atoms with E-state index in [0.29, 0.717) is 11.8 Å². The summed E-state index contributed by atoms with van der Waals surface area (Å²) >= 11 is 0.341. The van der Waals surface area contributed by atoms with E-state index < -0.39 is 17.6 Å². The third kappa shape index (κ3) is 5.66. The van der Waals surface area contributed by atoms with Crippen LogP contribution in [-0.2, 0) is 9.59 Å². The summed E-state index contributed by atoms with van der Waals surface area (Å²) in [6.45, 7) is -0.477. The zero-order chi connectivity index (χ0) is 14.3. The molecule has 0 saturated carbocycles. The lowest BCUT2D eigenvalue weighted by Crippen LogP contribution is -2.36. The molecule has 5 nitrogen and oxygen atoms in total. The first-order valence-electron chi connectivity index (χ1n) is 5.33. The first kappa shape index (κ1) is 15.4. The molecule has 0 aliphatic heterocycles. The molecule has 0 aromatic heterocycles. The summed E-state index contributed by atoms with van der Waals surface area (Å²) in [6.07, 6.45) is 0. The largest absolute Gasteiger partial charge is 0.346 e. The second kappa shape index (κ2) is 7.70. The summed E-state index contributed by atoms with van der Waals surface area (Å²) in [5.74, 6) is -3.55. The topological polar surface area (TPSA) is 84.2 Å². The van der Waals surface area contributed by atoms with E-state index in [1.54, 1.807) is 12.1 Å². The van der Waals surface area contributed by atoms with Gasteiger partial charge in [0.15, 0.2) is 0 Å². The fraction of sp³-hybridized carbons (Fsp3) is 0.273. The van der Waals surface area contributed by atoms with Crippen LogP contribution in [0.3, 0.4) is 0 Å². The van der Waals surface area contributed by atoms with Crippen molar-refractivity contribution in [3.05, 3.63) is 24.3 Å². The fourth-order valence-electron chi connectivity index (χ4n) is 1.21. The van der Waals surface area contributed by atoms with E-state index >= 15 is 0 Å². The third-order valence-corrected chi connectivity index (χ3v) is 2.80. The van der Waals surface area contributed by atoms with Gasteiger partial charge in [-0.25, -0.2) is 0 Å². The van der Waals surface area contributed by atoms with Crippen molar-refractivity contribution < 1.29 is 18.4 Å². The molecule has 1 aromatic carbocycles. The lowest BCUT2D eigenvalue weighted by molar-refractivity contribution is -0.123. The maximum atomic E-state index is 12.3. The maximum absolute atomic E-state index is 12.3. The van der Waals surface area contributed by atoms with Crippen LogP contribution in [0.1, 0.15) is 0 Å². The predicted molar refractivity (Wildman–Crippen MR) is 69.0 cm³/mol. The number of hydrogen-bond donors (Lipinski definition) is 3. The Morgan fingerprint density at radius 3 is 2.58 bits per heavy atom. The van der Waals surface area contributed by atoms with Gasteiger partial charge < -0.3 is 16.4 Å². The molecule has 0 saturated heterocycles. The smallest absolute Gasteiger partial charge is 0.288 e. The van der Waals surface area contributed by atoms with Gasteiger partial charge in [-0.1, -0.05) is 23.9 Å². The fourth-order valence-corrected chi connectivity index (χ4v) is 1.81. The van der Waals surface area contributed by atoms with Gasteiger partial charge in [0.1, 0.15) is 0 Å². The Kier molecular flexibility index (Phi) is 6.23. The van der Waals surface area contributed by atoms with Crippen LogP contribution in [0.25, 0.3) is 0 Å². The minimum absolute atomic E-state index is 0.217. The number of rotatable bonds is 6. The quantitative estimate of drug-likeness (QED) is 0.683. The summed E-state index contributed by atoms with van der Waals surface area (Å²) in [5.41, 5.74) is 5.34. The molecule has 0 heterocycles. The Bertz CT molecular complexity index is 457. The summed E-state index contributed by atoms with van der Waals surface area (Å²) < 4.78 is 24.6. The van der Waals surface area contributed by atoms with Crippen LogP contribution in [0.4, 0.5) is 14.5 Å². The highest BCUT2D eigenvalue weighted by atomic mass is 32.2. The van der Waals surface area contributed by atoms with Gasteiger partial charge in [0.05, 0.1) is 18.8 Å². The monoisotopic (exact) mass is 289 g/mol. The molecule has 0 radical (unpaired) electrons. The standard InChI is InChI=1S/C11H13F2N3O2S/c12-11(13)19-8-4-2-1-3-7(8)16-10(18)6-15-9(17)5-14/h1-4,11H,5-6,14H2,(H,15,17)(H,16,18). The minimum Gasteiger partial charge on any atom is -0.346 e. The zero-order valence-corrected chi connectivity index (χ0v) is 10.7. The van der Waals surface area contributed by atoms with Crippen molar-refractivity contribution in [3.63, 3.8) is 0 Å². The Balaban J connectivity index is 2.61. The van der Waals surface area contributed by atoms with Crippen molar-refractivity contribution in [1.82, 2.24) is 5.32 Å². The first-order chi connectivity index (χ1) is 9.02. The lowest BCUT2D eigenvalue weighted by atomic mass is 10.3. The van der Waals surface area contributed by atoms with E-state index in [9.17, 15) is 18.4 Å². The maximum Gasteiger partial charge on any atom is 0.288 e. The van der Waals surface area contributed by atoms with E-state index in [4.69, 9.17) is 5.73 Å². The molecule has 0 spiro atoms. The van der Waals surface area contributed by atoms with Gasteiger partial charge in [-0.2, -0.15) is 8.78 Å². The number of anilines is 1. The molecule has 2 amide bonds. The highest BCUT2D eigenvalue weighted by molar-refractivity contribution is 7.99. The molecule has 0 bridgehead atoms. The number of para-hydroxylation sites is 1. The Hall–Kier alpha value is -1.67. The number of benzene rings is 1. The van der Waals surface area contributed by atoms with E-state index in [-0.39, 0.29) is 23.7 Å². The van der Waals surface area contributed by atoms with Crippen LogP contribution in [0.2, 0.25) is 0 Å². The molecule has 19 heavy (non-hydrogen) atoms. The summed E-state index contributed by atoms with van der Waals surface area (Å²) in [7, 11) is 0. The number of hydrogen-bond acceptors (Lipinski definition) is 4. The molecule has 1 aromatic rings. The average molecular weight is 289 g/mol. The van der Waals surface area contributed by atoms with Crippen molar-refractivity contribution in [2.45, 2.75) is 10.7 Å². The molecular weight excluding hydrogens is 276 g/mol. The van der Waals surface area contributed by atoms with Gasteiger partial charge in [0.25, 0.3) is 5.76 Å². The van der Waals surface area contributed by atoms with E-state index in [1.165, 1.54) is 12.1 Å². The van der Waals surface area contributed by atoms with Crippen LogP contribution < -0.4 is 16.4 Å². The van der Waals surface area contributed by atoms with Crippen molar-refractivity contribution in [2.75, 3.05) is 18.4 Å². The molecule has 0 atom stereocenters. The third-order valence-electron chi connectivity index (χ3n) is 2.01. The normalized spacial score (nSPS) is 10.3. The molecule has 4 N–H and O–H groups in total. The number of nitrogens with one attached hydrogen (secondary N) is 2. The highest BCUT2D eigenvalue weighted by Gasteiger charge is 2.11. The molecule has 8 heteroatoms. The number of alkyl halides is 2. The Labute approximate surface area is 112 Å². The number of nitrogens with two attached hydrogens (primary N) is 1. The van der Waals surface area contributed by atoms with Crippen LogP contribution in [0, 0.1) is 0 Å². The minimum atomic E-state index is -2.57. The number of halogens is 2. The second-order valence-corrected chi connectivity index (χ2v) is 4.44. The number of carbonyl (C=O) groups excluding carboxylic acids is 2. The summed E-state index contributed by atoms with van der Waals surface area (Å²) in [5, 5.41) is 4.73. The van der Waals surface area contributed by atoms with Crippen LogP contribution >= 0.6 is 11.8 Å². The molecule has 0 fully saturated rings. The number of thioether (sulfide) groups is 1. The Morgan fingerprint density at radius 1 is 1.26 bits per heavy atom. The first-order valence-corrected chi connectivity index (χ1v) is 6.21. The molecule has 1 rings (SSSR count). The summed E-state index contributed by atoms with van der Waals surface area (Å²) in [6, 6.07) is 6.19. The van der Waals surface area contributed by atoms with Gasteiger partial charge in [0.2, 0.25) is 11.8 Å². The molecule has 0 aliphatic rings. The van der Waals surface area contributed by atoms with E-state index in [1.807, 2.05) is 0 Å². The van der Waals surface area contributed by atoms with Gasteiger partial charge in [-0.05, 0) is 12.1 Å². The molecular formula is C11H13F2N3O2S. The van der Waals surface area contributed by atoms with Crippen molar-refractivity contribution in [2.24, 2.45) is 5.73 Å². The second-order valence-electron chi connectivity index (χ2n) is 3.40. The van der Waals surface area contributed by atoms with Crippen LogP contribution in [-0.4, -0.2) is 30.7 Å². The highest BCUT2D eigenvalue weighted by Crippen LogP contribution is 2.31. The van der Waals surface area contributed by atoms with E-state index in [2.05, 4.69) is 10.6 Å². The van der Waals surface area contributed by atoms with Crippen LogP contribution in [0.15, 0.2) is 29.2 Å². The van der Waals surface area contributed by atoms with Gasteiger partial charge >= 0.3 is 0 Å². The zero-order valence-electron chi connectivity index (χ0n) is 9.86. The SMILES string of the molecule is NCC(=O)NCC(=O)Nc1ccccc1SC(F)F. The van der Waals surface area contributed by atoms with Gasteiger partial charge in [0, 0.05) is 4.90 Å². The molecule has 104 valence electrons. The Morgan fingerprint density at radius 2 is 1.95 bits per heavy atom. The van der Waals surface area contributed by atoms with Crippen LogP contribution in [0.5, 0.6) is 0 Å². The van der Waals surface area contributed by atoms with Gasteiger partial charge in [-0.3, -0.25) is 9.59 Å². The number of carbonyl (C=O) groups is 2. The molecule has 0 aliphatic carbocycles. The van der Waals surface area contributed by atoms with Crippen molar-refractivity contribution >= 4 is 29.3 Å². The van der Waals surface area contributed by atoms with E-state index in [0.717, 1.165) is 0 Å². The summed E-state index contributed by atoms with van der Waals surface area (Å²) in [4.78, 5) is 22.6. The van der Waals surface area contributed by atoms with Gasteiger partial charge in [-0.15, -0.1) is 0 Å². The molecule has 0 unspecified atom stereocenters.